The molecule has 7 heteroatoms. The first kappa shape index (κ1) is 16.7. The topological polar surface area (TPSA) is 96.9 Å². The van der Waals surface area contributed by atoms with E-state index < -0.39 is 17.2 Å². The van der Waals surface area contributed by atoms with E-state index in [1.165, 1.54) is 4.57 Å². The Morgan fingerprint density at radius 1 is 1.24 bits per heavy atom. The molecule has 1 aliphatic heterocycles. The quantitative estimate of drug-likeness (QED) is 0.841. The zero-order valence-electron chi connectivity index (χ0n) is 13.7. The fourth-order valence-electron chi connectivity index (χ4n) is 3.08. The van der Waals surface area contributed by atoms with Crippen LogP contribution in [0.2, 0.25) is 0 Å². The van der Waals surface area contributed by atoms with Crippen molar-refractivity contribution in [2.24, 2.45) is 0 Å². The highest BCUT2D eigenvalue weighted by Crippen LogP contribution is 2.12. The highest BCUT2D eigenvalue weighted by atomic mass is 16.2. The van der Waals surface area contributed by atoms with Crippen molar-refractivity contribution in [1.82, 2.24) is 14.5 Å². The molecule has 1 aliphatic rings. The maximum atomic E-state index is 12.4. The number of carbonyl (C=O) groups excluding carboxylic acids is 1. The van der Waals surface area contributed by atoms with Crippen LogP contribution in [0.5, 0.6) is 0 Å². The molecule has 0 aliphatic carbocycles. The van der Waals surface area contributed by atoms with Crippen LogP contribution in [0, 0.1) is 11.3 Å². The zero-order chi connectivity index (χ0) is 17.8. The Kier molecular flexibility index (Phi) is 4.80. The standard InChI is InChI=1S/C18H18N4O3/c19-11-14-15-7-4-10-21(15)18(25)22(17(14)24)12-16(23)20-9-8-13-5-2-1-3-6-13/h1-3,5-6H,4,7-10,12H2,(H,20,23). The SMILES string of the molecule is N#Cc1c2n(c(=O)n(CC(=O)NCCc3ccccc3)c1=O)CCC2. The Labute approximate surface area is 144 Å². The molecule has 1 N–H and O–H groups in total. The Hall–Kier alpha value is -3.14. The van der Waals surface area contributed by atoms with Crippen LogP contribution in [0.3, 0.4) is 0 Å². The number of hydrogen-bond acceptors (Lipinski definition) is 4. The third-order valence-corrected chi connectivity index (χ3v) is 4.32. The third-order valence-electron chi connectivity index (χ3n) is 4.32. The van der Waals surface area contributed by atoms with Crippen LogP contribution in [-0.4, -0.2) is 21.6 Å². The van der Waals surface area contributed by atoms with Gasteiger partial charge in [0.25, 0.3) is 5.56 Å². The Morgan fingerprint density at radius 3 is 2.72 bits per heavy atom. The predicted molar refractivity (Wildman–Crippen MR) is 91.2 cm³/mol. The molecule has 1 aromatic carbocycles. The van der Waals surface area contributed by atoms with Gasteiger partial charge in [-0.25, -0.2) is 9.36 Å². The van der Waals surface area contributed by atoms with Crippen molar-refractivity contribution in [2.45, 2.75) is 32.4 Å². The highest BCUT2D eigenvalue weighted by Gasteiger charge is 2.23. The normalized spacial score (nSPS) is 12.4. The number of fused-ring (bicyclic) bond motifs is 1. The minimum Gasteiger partial charge on any atom is -0.354 e. The first-order chi connectivity index (χ1) is 12.1. The maximum Gasteiger partial charge on any atom is 0.331 e. The van der Waals surface area contributed by atoms with Crippen LogP contribution in [-0.2, 0) is 30.7 Å². The summed E-state index contributed by atoms with van der Waals surface area (Å²) >= 11 is 0. The summed E-state index contributed by atoms with van der Waals surface area (Å²) in [6, 6.07) is 11.6. The summed E-state index contributed by atoms with van der Waals surface area (Å²) in [5.41, 5.74) is 0.338. The fraction of sp³-hybridized carbons (Fsp3) is 0.333. The Bertz CT molecular complexity index is 951. The summed E-state index contributed by atoms with van der Waals surface area (Å²) < 4.78 is 2.28. The van der Waals surface area contributed by atoms with Crippen LogP contribution < -0.4 is 16.6 Å². The average Bonchev–Trinajstić information content (AvgIpc) is 3.10. The lowest BCUT2D eigenvalue weighted by Crippen LogP contribution is -2.45. The molecule has 25 heavy (non-hydrogen) atoms. The van der Waals surface area contributed by atoms with E-state index in [2.05, 4.69) is 5.32 Å². The molecule has 0 unspecified atom stereocenters. The fourth-order valence-corrected chi connectivity index (χ4v) is 3.08. The first-order valence-electron chi connectivity index (χ1n) is 8.19. The molecule has 0 saturated heterocycles. The molecule has 128 valence electrons. The number of nitriles is 1. The van der Waals surface area contributed by atoms with Crippen molar-refractivity contribution in [2.75, 3.05) is 6.54 Å². The zero-order valence-corrected chi connectivity index (χ0v) is 13.7. The first-order valence-corrected chi connectivity index (χ1v) is 8.19. The van der Waals surface area contributed by atoms with Crippen LogP contribution in [0.25, 0.3) is 0 Å². The van der Waals surface area contributed by atoms with Gasteiger partial charge in [0, 0.05) is 18.8 Å². The predicted octanol–water partition coefficient (Wildman–Crippen LogP) is 0.187. The van der Waals surface area contributed by atoms with E-state index in [-0.39, 0.29) is 12.1 Å². The molecule has 0 fully saturated rings. The third kappa shape index (κ3) is 3.38. The summed E-state index contributed by atoms with van der Waals surface area (Å²) in [6.45, 7) is 0.509. The summed E-state index contributed by atoms with van der Waals surface area (Å²) in [5.74, 6) is -0.419. The number of carbonyl (C=O) groups is 1. The maximum absolute atomic E-state index is 12.4. The lowest BCUT2D eigenvalue weighted by atomic mass is 10.1. The van der Waals surface area contributed by atoms with E-state index >= 15 is 0 Å². The van der Waals surface area contributed by atoms with Crippen LogP contribution in [0.15, 0.2) is 39.9 Å². The Morgan fingerprint density at radius 2 is 2.00 bits per heavy atom. The largest absolute Gasteiger partial charge is 0.354 e. The molecule has 0 radical (unpaired) electrons. The molecule has 2 heterocycles. The number of amides is 1. The summed E-state index contributed by atoms with van der Waals surface area (Å²) in [7, 11) is 0. The molecular formula is C18H18N4O3. The molecule has 7 nitrogen and oxygen atoms in total. The van der Waals surface area contributed by atoms with E-state index in [0.717, 1.165) is 16.6 Å². The highest BCUT2D eigenvalue weighted by molar-refractivity contribution is 5.75. The molecule has 0 spiro atoms. The van der Waals surface area contributed by atoms with Gasteiger partial charge in [-0.05, 0) is 24.8 Å². The van der Waals surface area contributed by atoms with Crippen molar-refractivity contribution >= 4 is 5.91 Å². The monoisotopic (exact) mass is 338 g/mol. The van der Waals surface area contributed by atoms with Gasteiger partial charge in [0.1, 0.15) is 18.2 Å². The van der Waals surface area contributed by atoms with Gasteiger partial charge in [-0.15, -0.1) is 0 Å². The second kappa shape index (κ2) is 7.18. The lowest BCUT2D eigenvalue weighted by molar-refractivity contribution is -0.121. The smallest absolute Gasteiger partial charge is 0.331 e. The van der Waals surface area contributed by atoms with E-state index in [4.69, 9.17) is 0 Å². The minimum absolute atomic E-state index is 0.0332. The Balaban J connectivity index is 1.73. The van der Waals surface area contributed by atoms with Gasteiger partial charge in [-0.3, -0.25) is 14.2 Å². The molecule has 1 aromatic heterocycles. The van der Waals surface area contributed by atoms with Crippen LogP contribution in [0.1, 0.15) is 23.2 Å². The summed E-state index contributed by atoms with van der Waals surface area (Å²) in [6.07, 6.45) is 1.92. The number of aromatic nitrogens is 2. The molecule has 0 saturated carbocycles. The van der Waals surface area contributed by atoms with Crippen molar-refractivity contribution in [3.8, 4) is 6.07 Å². The van der Waals surface area contributed by atoms with Gasteiger partial charge in [-0.2, -0.15) is 5.26 Å². The molecule has 0 bridgehead atoms. The summed E-state index contributed by atoms with van der Waals surface area (Å²) in [4.78, 5) is 36.9. The molecular weight excluding hydrogens is 320 g/mol. The second-order valence-corrected chi connectivity index (χ2v) is 5.95. The number of benzene rings is 1. The second-order valence-electron chi connectivity index (χ2n) is 5.95. The van der Waals surface area contributed by atoms with E-state index in [0.29, 0.717) is 31.6 Å². The van der Waals surface area contributed by atoms with Crippen LogP contribution in [0.4, 0.5) is 0 Å². The van der Waals surface area contributed by atoms with Gasteiger partial charge in [0.05, 0.1) is 0 Å². The average molecular weight is 338 g/mol. The number of rotatable bonds is 5. The van der Waals surface area contributed by atoms with Gasteiger partial charge in [0.15, 0.2) is 0 Å². The van der Waals surface area contributed by atoms with Crippen molar-refractivity contribution in [1.29, 1.82) is 5.26 Å². The summed E-state index contributed by atoms with van der Waals surface area (Å²) in [5, 5.41) is 11.9. The van der Waals surface area contributed by atoms with Crippen LogP contribution >= 0.6 is 0 Å². The van der Waals surface area contributed by atoms with Gasteiger partial charge < -0.3 is 5.32 Å². The number of hydrogen-bond donors (Lipinski definition) is 1. The van der Waals surface area contributed by atoms with E-state index in [9.17, 15) is 19.6 Å². The lowest BCUT2D eigenvalue weighted by Gasteiger charge is -2.11. The van der Waals surface area contributed by atoms with E-state index in [1.807, 2.05) is 36.4 Å². The van der Waals surface area contributed by atoms with Crippen molar-refractivity contribution in [3.05, 3.63) is 68.0 Å². The number of nitrogens with zero attached hydrogens (tertiary/aromatic N) is 3. The van der Waals surface area contributed by atoms with Gasteiger partial charge >= 0.3 is 5.69 Å². The van der Waals surface area contributed by atoms with Gasteiger partial charge in [-0.1, -0.05) is 30.3 Å². The minimum atomic E-state index is -0.682. The van der Waals surface area contributed by atoms with E-state index in [1.54, 1.807) is 0 Å². The number of nitrogens with one attached hydrogen (secondary N) is 1. The van der Waals surface area contributed by atoms with Crippen molar-refractivity contribution in [3.63, 3.8) is 0 Å². The molecule has 1 amide bonds. The van der Waals surface area contributed by atoms with Gasteiger partial charge in [0.2, 0.25) is 5.91 Å². The molecule has 0 atom stereocenters. The molecule has 2 aromatic rings. The van der Waals surface area contributed by atoms with Crippen molar-refractivity contribution < 1.29 is 4.79 Å². The molecule has 3 rings (SSSR count).